The van der Waals surface area contributed by atoms with Gasteiger partial charge in [0, 0.05) is 6.04 Å². The Balaban J connectivity index is 2.52. The third-order valence-electron chi connectivity index (χ3n) is 2.47. The molecule has 20 heavy (non-hydrogen) atoms. The Bertz CT molecular complexity index is 487. The monoisotopic (exact) mass is 279 g/mol. The van der Waals surface area contributed by atoms with E-state index in [2.05, 4.69) is 16.0 Å². The van der Waals surface area contributed by atoms with Gasteiger partial charge in [-0.1, -0.05) is 6.07 Å². The molecule has 0 saturated heterocycles. The molecule has 1 aromatic carbocycles. The van der Waals surface area contributed by atoms with Crippen LogP contribution < -0.4 is 20.7 Å². The molecular weight excluding hydrogens is 258 g/mol. The van der Waals surface area contributed by atoms with Crippen LogP contribution in [0.4, 0.5) is 10.5 Å². The van der Waals surface area contributed by atoms with Crippen molar-refractivity contribution in [1.29, 1.82) is 0 Å². The molecule has 0 unspecified atom stereocenters. The fourth-order valence-electron chi connectivity index (χ4n) is 1.60. The van der Waals surface area contributed by atoms with Crippen LogP contribution >= 0.6 is 0 Å². The van der Waals surface area contributed by atoms with Crippen LogP contribution in [0, 0.1) is 6.92 Å². The zero-order chi connectivity index (χ0) is 15.1. The number of anilines is 1. The van der Waals surface area contributed by atoms with E-state index in [1.165, 1.54) is 0 Å². The molecule has 0 atom stereocenters. The SMILES string of the molecule is COc1ccc(C)cc1NCC(=O)NC(=O)NC(C)C. The molecular formula is C14H21N3O3. The molecule has 1 aromatic rings. The number of hydrogen-bond donors (Lipinski definition) is 3. The highest BCUT2D eigenvalue weighted by Gasteiger charge is 2.09. The Kier molecular flexibility index (Phi) is 5.83. The number of carbonyl (C=O) groups excluding carboxylic acids is 2. The number of carbonyl (C=O) groups is 2. The number of nitrogens with one attached hydrogen (secondary N) is 3. The molecule has 0 aliphatic heterocycles. The summed E-state index contributed by atoms with van der Waals surface area (Å²) in [7, 11) is 1.56. The number of benzene rings is 1. The van der Waals surface area contributed by atoms with Gasteiger partial charge in [0.05, 0.1) is 19.3 Å². The summed E-state index contributed by atoms with van der Waals surface area (Å²) < 4.78 is 5.19. The lowest BCUT2D eigenvalue weighted by molar-refractivity contribution is -0.118. The van der Waals surface area contributed by atoms with Crippen LogP contribution in [-0.2, 0) is 4.79 Å². The zero-order valence-corrected chi connectivity index (χ0v) is 12.2. The van der Waals surface area contributed by atoms with Crippen LogP contribution in [0.3, 0.4) is 0 Å². The lowest BCUT2D eigenvalue weighted by Crippen LogP contribution is -2.44. The van der Waals surface area contributed by atoms with E-state index >= 15 is 0 Å². The summed E-state index contributed by atoms with van der Waals surface area (Å²) in [5.74, 6) is 0.238. The number of imide groups is 1. The van der Waals surface area contributed by atoms with Crippen molar-refractivity contribution in [3.05, 3.63) is 23.8 Å². The first-order chi connectivity index (χ1) is 9.42. The van der Waals surface area contributed by atoms with Gasteiger partial charge in [-0.05, 0) is 38.5 Å². The zero-order valence-electron chi connectivity index (χ0n) is 12.2. The lowest BCUT2D eigenvalue weighted by Gasteiger charge is -2.12. The number of amides is 3. The number of rotatable bonds is 5. The number of hydrogen-bond acceptors (Lipinski definition) is 4. The van der Waals surface area contributed by atoms with Crippen LogP contribution in [0.25, 0.3) is 0 Å². The number of urea groups is 1. The minimum Gasteiger partial charge on any atom is -0.495 e. The number of methoxy groups -OCH3 is 1. The van der Waals surface area contributed by atoms with E-state index in [0.29, 0.717) is 11.4 Å². The van der Waals surface area contributed by atoms with E-state index in [1.54, 1.807) is 7.11 Å². The molecule has 1 rings (SSSR count). The molecule has 0 radical (unpaired) electrons. The van der Waals surface area contributed by atoms with E-state index in [9.17, 15) is 9.59 Å². The van der Waals surface area contributed by atoms with E-state index in [4.69, 9.17) is 4.74 Å². The molecule has 0 spiro atoms. The number of aryl methyl sites for hydroxylation is 1. The predicted molar refractivity (Wildman–Crippen MR) is 78.0 cm³/mol. The first kappa shape index (κ1) is 15.8. The van der Waals surface area contributed by atoms with Gasteiger partial charge < -0.3 is 15.4 Å². The molecule has 3 N–H and O–H groups in total. The van der Waals surface area contributed by atoms with Gasteiger partial charge in [-0.3, -0.25) is 10.1 Å². The highest BCUT2D eigenvalue weighted by Crippen LogP contribution is 2.24. The van der Waals surface area contributed by atoms with Gasteiger partial charge in [-0.25, -0.2) is 4.79 Å². The largest absolute Gasteiger partial charge is 0.495 e. The molecule has 6 nitrogen and oxygen atoms in total. The van der Waals surface area contributed by atoms with Crippen molar-refractivity contribution in [3.8, 4) is 5.75 Å². The minimum absolute atomic E-state index is 0.00860. The quantitative estimate of drug-likeness (QED) is 0.765. The topological polar surface area (TPSA) is 79.5 Å². The third-order valence-corrected chi connectivity index (χ3v) is 2.47. The fourth-order valence-corrected chi connectivity index (χ4v) is 1.60. The van der Waals surface area contributed by atoms with Gasteiger partial charge in [0.2, 0.25) is 5.91 Å². The number of ether oxygens (including phenoxy) is 1. The summed E-state index contributed by atoms with van der Waals surface area (Å²) in [6, 6.07) is 5.09. The molecule has 110 valence electrons. The van der Waals surface area contributed by atoms with Crippen LogP contribution in [-0.4, -0.2) is 31.6 Å². The maximum atomic E-state index is 11.6. The maximum Gasteiger partial charge on any atom is 0.321 e. The Morgan fingerprint density at radius 1 is 1.30 bits per heavy atom. The lowest BCUT2D eigenvalue weighted by atomic mass is 10.2. The van der Waals surface area contributed by atoms with Crippen molar-refractivity contribution in [2.45, 2.75) is 26.8 Å². The first-order valence-electron chi connectivity index (χ1n) is 6.41. The second kappa shape index (κ2) is 7.37. The Morgan fingerprint density at radius 3 is 2.60 bits per heavy atom. The standard InChI is InChI=1S/C14H21N3O3/c1-9(2)16-14(19)17-13(18)8-15-11-7-10(3)5-6-12(11)20-4/h5-7,9,15H,8H2,1-4H3,(H2,16,17,18,19). The second-order valence-electron chi connectivity index (χ2n) is 4.73. The van der Waals surface area contributed by atoms with Crippen LogP contribution in [0.15, 0.2) is 18.2 Å². The Morgan fingerprint density at radius 2 is 2.00 bits per heavy atom. The van der Waals surface area contributed by atoms with E-state index in [0.717, 1.165) is 5.56 Å². The van der Waals surface area contributed by atoms with Crippen LogP contribution in [0.1, 0.15) is 19.4 Å². The smallest absolute Gasteiger partial charge is 0.321 e. The van der Waals surface area contributed by atoms with E-state index in [1.807, 2.05) is 39.0 Å². The molecule has 0 aliphatic rings. The van der Waals surface area contributed by atoms with E-state index < -0.39 is 11.9 Å². The Hall–Kier alpha value is -2.24. The van der Waals surface area contributed by atoms with Gasteiger partial charge in [0.1, 0.15) is 5.75 Å². The summed E-state index contributed by atoms with van der Waals surface area (Å²) in [4.78, 5) is 23.0. The summed E-state index contributed by atoms with van der Waals surface area (Å²) in [6.45, 7) is 5.58. The average molecular weight is 279 g/mol. The summed E-state index contributed by atoms with van der Waals surface area (Å²) in [6.07, 6.45) is 0. The predicted octanol–water partition coefficient (Wildman–Crippen LogP) is 1.65. The van der Waals surface area contributed by atoms with Crippen molar-refractivity contribution in [2.24, 2.45) is 0 Å². The second-order valence-corrected chi connectivity index (χ2v) is 4.73. The molecule has 0 aromatic heterocycles. The van der Waals surface area contributed by atoms with Crippen LogP contribution in [0.5, 0.6) is 5.75 Å². The van der Waals surface area contributed by atoms with Crippen molar-refractivity contribution in [1.82, 2.24) is 10.6 Å². The summed E-state index contributed by atoms with van der Waals surface area (Å²) in [5.41, 5.74) is 1.76. The van der Waals surface area contributed by atoms with Gasteiger partial charge in [-0.15, -0.1) is 0 Å². The van der Waals surface area contributed by atoms with Gasteiger partial charge in [-0.2, -0.15) is 0 Å². The molecule has 0 fully saturated rings. The van der Waals surface area contributed by atoms with Gasteiger partial charge >= 0.3 is 6.03 Å². The molecule has 0 aliphatic carbocycles. The van der Waals surface area contributed by atoms with Gasteiger partial charge in [0.15, 0.2) is 0 Å². The molecule has 0 bridgehead atoms. The molecule has 6 heteroatoms. The van der Waals surface area contributed by atoms with Crippen molar-refractivity contribution in [2.75, 3.05) is 19.0 Å². The van der Waals surface area contributed by atoms with Crippen molar-refractivity contribution in [3.63, 3.8) is 0 Å². The van der Waals surface area contributed by atoms with Crippen molar-refractivity contribution < 1.29 is 14.3 Å². The third kappa shape index (κ3) is 5.17. The molecule has 0 saturated carbocycles. The maximum absolute atomic E-state index is 11.6. The van der Waals surface area contributed by atoms with Gasteiger partial charge in [0.25, 0.3) is 0 Å². The normalized spacial score (nSPS) is 10.1. The van der Waals surface area contributed by atoms with Crippen LogP contribution in [0.2, 0.25) is 0 Å². The first-order valence-corrected chi connectivity index (χ1v) is 6.41. The van der Waals surface area contributed by atoms with Crippen molar-refractivity contribution >= 4 is 17.6 Å². The highest BCUT2D eigenvalue weighted by atomic mass is 16.5. The summed E-state index contributed by atoms with van der Waals surface area (Å²) in [5, 5.41) is 7.77. The Labute approximate surface area is 118 Å². The molecule has 0 heterocycles. The average Bonchev–Trinajstić information content (AvgIpc) is 2.35. The van der Waals surface area contributed by atoms with E-state index in [-0.39, 0.29) is 12.6 Å². The fraction of sp³-hybridized carbons (Fsp3) is 0.429. The minimum atomic E-state index is -0.497. The highest BCUT2D eigenvalue weighted by molar-refractivity contribution is 5.96. The summed E-state index contributed by atoms with van der Waals surface area (Å²) >= 11 is 0. The molecule has 3 amide bonds.